The number of carbonyl (C=O) groups is 2. The second-order valence-corrected chi connectivity index (χ2v) is 4.61. The van der Waals surface area contributed by atoms with E-state index in [1.165, 1.54) is 0 Å². The zero-order valence-corrected chi connectivity index (χ0v) is 10.5. The first-order valence-corrected chi connectivity index (χ1v) is 6.12. The van der Waals surface area contributed by atoms with E-state index in [2.05, 4.69) is 5.32 Å². The van der Waals surface area contributed by atoms with Gasteiger partial charge in [0.1, 0.15) is 12.4 Å². The van der Waals surface area contributed by atoms with Crippen LogP contribution in [0.2, 0.25) is 0 Å². The van der Waals surface area contributed by atoms with Gasteiger partial charge >= 0.3 is 6.09 Å². The smallest absolute Gasteiger partial charge is 0.407 e. The van der Waals surface area contributed by atoms with Gasteiger partial charge < -0.3 is 19.6 Å². The van der Waals surface area contributed by atoms with E-state index in [4.69, 9.17) is 9.47 Å². The van der Waals surface area contributed by atoms with Crippen LogP contribution in [0.25, 0.3) is 0 Å². The maximum atomic E-state index is 11.5. The van der Waals surface area contributed by atoms with Gasteiger partial charge in [-0.1, -0.05) is 6.92 Å². The molecule has 1 aliphatic rings. The summed E-state index contributed by atoms with van der Waals surface area (Å²) in [4.78, 5) is 22.0. The largest absolute Gasteiger partial charge is 0.446 e. The second kappa shape index (κ2) is 7.27. The van der Waals surface area contributed by atoms with Gasteiger partial charge in [-0.3, -0.25) is 0 Å². The Labute approximate surface area is 102 Å². The van der Waals surface area contributed by atoms with Crippen molar-refractivity contribution < 1.29 is 19.1 Å². The lowest BCUT2D eigenvalue weighted by Crippen LogP contribution is -2.37. The summed E-state index contributed by atoms with van der Waals surface area (Å²) >= 11 is 0. The van der Waals surface area contributed by atoms with Crippen LogP contribution < -0.4 is 5.32 Å². The van der Waals surface area contributed by atoms with Gasteiger partial charge in [-0.15, -0.1) is 0 Å². The number of amides is 1. The fraction of sp³-hybridized carbons (Fsp3) is 0.833. The van der Waals surface area contributed by atoms with Gasteiger partial charge in [-0.2, -0.15) is 0 Å². The molecule has 98 valence electrons. The molecule has 1 unspecified atom stereocenters. The van der Waals surface area contributed by atoms with Crippen LogP contribution in [0.1, 0.15) is 33.1 Å². The number of rotatable bonds is 5. The Morgan fingerprint density at radius 1 is 1.47 bits per heavy atom. The van der Waals surface area contributed by atoms with Gasteiger partial charge in [0, 0.05) is 24.8 Å². The lowest BCUT2D eigenvalue weighted by Gasteiger charge is -2.23. The third kappa shape index (κ3) is 5.68. The molecule has 1 heterocycles. The van der Waals surface area contributed by atoms with Crippen LogP contribution in [0.5, 0.6) is 0 Å². The van der Waals surface area contributed by atoms with Crippen LogP contribution >= 0.6 is 0 Å². The van der Waals surface area contributed by atoms with E-state index in [1.54, 1.807) is 0 Å². The number of hydrogen-bond acceptors (Lipinski definition) is 4. The molecule has 1 rings (SSSR count). The average molecular weight is 243 g/mol. The van der Waals surface area contributed by atoms with Gasteiger partial charge in [-0.05, 0) is 13.3 Å². The Kier molecular flexibility index (Phi) is 5.97. The van der Waals surface area contributed by atoms with Crippen molar-refractivity contribution in [3.05, 3.63) is 0 Å². The molecular weight excluding hydrogens is 222 g/mol. The lowest BCUT2D eigenvalue weighted by atomic mass is 10.1. The number of nitrogens with one attached hydrogen (secondary N) is 1. The molecule has 1 saturated heterocycles. The predicted octanol–water partition coefficient (Wildman–Crippen LogP) is 1.51. The van der Waals surface area contributed by atoms with Gasteiger partial charge in [0.25, 0.3) is 0 Å². The van der Waals surface area contributed by atoms with Crippen LogP contribution in [0.4, 0.5) is 4.79 Å². The maximum absolute atomic E-state index is 11.5. The molecule has 0 radical (unpaired) electrons. The highest BCUT2D eigenvalue weighted by Crippen LogP contribution is 2.11. The summed E-state index contributed by atoms with van der Waals surface area (Å²) in [6.07, 6.45) is 2.59. The Bertz CT molecular complexity index is 251. The number of carbonyl (C=O) groups excluding carboxylic acids is 2. The van der Waals surface area contributed by atoms with Crippen LogP contribution in [0.15, 0.2) is 0 Å². The summed E-state index contributed by atoms with van der Waals surface area (Å²) in [5.41, 5.74) is 0. The molecule has 0 aromatic carbocycles. The Balaban J connectivity index is 2.21. The summed E-state index contributed by atoms with van der Waals surface area (Å²) in [5.74, 6) is -0.0478. The lowest BCUT2D eigenvalue weighted by molar-refractivity contribution is -0.110. The first-order chi connectivity index (χ1) is 8.11. The average Bonchev–Trinajstić information content (AvgIpc) is 2.29. The minimum absolute atomic E-state index is 0.0422. The highest BCUT2D eigenvalue weighted by Gasteiger charge is 2.19. The van der Waals surface area contributed by atoms with Gasteiger partial charge in [0.05, 0.1) is 13.2 Å². The molecule has 0 bridgehead atoms. The molecule has 1 fully saturated rings. The normalized spacial score (nSPS) is 20.4. The van der Waals surface area contributed by atoms with Crippen LogP contribution in [0, 0.1) is 5.92 Å². The first kappa shape index (κ1) is 14.0. The van der Waals surface area contributed by atoms with Gasteiger partial charge in [0.15, 0.2) is 0 Å². The van der Waals surface area contributed by atoms with Crippen molar-refractivity contribution >= 4 is 12.4 Å². The summed E-state index contributed by atoms with van der Waals surface area (Å²) < 4.78 is 10.4. The van der Waals surface area contributed by atoms with E-state index in [9.17, 15) is 9.59 Å². The molecule has 17 heavy (non-hydrogen) atoms. The zero-order chi connectivity index (χ0) is 12.7. The van der Waals surface area contributed by atoms with Crippen molar-refractivity contribution in [3.63, 3.8) is 0 Å². The standard InChI is InChI=1S/C12H21NO4/c1-9(8-14)7-10(2)13-12(15)17-11-3-5-16-6-4-11/h8-11H,3-7H2,1-2H3,(H,13,15)/t9?,10-/m0/s1. The molecule has 1 N–H and O–H groups in total. The van der Waals surface area contributed by atoms with E-state index in [-0.39, 0.29) is 18.1 Å². The Morgan fingerprint density at radius 2 is 2.12 bits per heavy atom. The van der Waals surface area contributed by atoms with Crippen molar-refractivity contribution in [2.75, 3.05) is 13.2 Å². The molecule has 0 saturated carbocycles. The third-order valence-corrected chi connectivity index (χ3v) is 2.76. The molecule has 0 spiro atoms. The van der Waals surface area contributed by atoms with Crippen molar-refractivity contribution in [3.8, 4) is 0 Å². The van der Waals surface area contributed by atoms with E-state index in [1.807, 2.05) is 13.8 Å². The van der Waals surface area contributed by atoms with Crippen molar-refractivity contribution in [1.82, 2.24) is 5.32 Å². The summed E-state index contributed by atoms with van der Waals surface area (Å²) in [6, 6.07) is -0.0532. The molecule has 1 amide bonds. The van der Waals surface area contributed by atoms with E-state index < -0.39 is 6.09 Å². The highest BCUT2D eigenvalue weighted by molar-refractivity contribution is 5.67. The van der Waals surface area contributed by atoms with E-state index in [0.717, 1.165) is 19.1 Å². The Hall–Kier alpha value is -1.10. The predicted molar refractivity (Wildman–Crippen MR) is 62.8 cm³/mol. The number of aldehydes is 1. The quantitative estimate of drug-likeness (QED) is 0.743. The summed E-state index contributed by atoms with van der Waals surface area (Å²) in [7, 11) is 0. The summed E-state index contributed by atoms with van der Waals surface area (Å²) in [5, 5.41) is 2.73. The SMILES string of the molecule is CC(C=O)C[C@H](C)NC(=O)OC1CCOCC1. The Morgan fingerprint density at radius 3 is 2.71 bits per heavy atom. The second-order valence-electron chi connectivity index (χ2n) is 4.61. The van der Waals surface area contributed by atoms with Crippen molar-refractivity contribution in [1.29, 1.82) is 0 Å². The highest BCUT2D eigenvalue weighted by atomic mass is 16.6. The minimum Gasteiger partial charge on any atom is -0.446 e. The van der Waals surface area contributed by atoms with E-state index in [0.29, 0.717) is 19.6 Å². The van der Waals surface area contributed by atoms with Crippen molar-refractivity contribution in [2.45, 2.75) is 45.3 Å². The van der Waals surface area contributed by atoms with Crippen LogP contribution in [-0.2, 0) is 14.3 Å². The topological polar surface area (TPSA) is 64.6 Å². The van der Waals surface area contributed by atoms with Gasteiger partial charge in [-0.25, -0.2) is 4.79 Å². The van der Waals surface area contributed by atoms with Crippen LogP contribution in [-0.4, -0.2) is 37.7 Å². The summed E-state index contributed by atoms with van der Waals surface area (Å²) in [6.45, 7) is 4.99. The maximum Gasteiger partial charge on any atom is 0.407 e. The van der Waals surface area contributed by atoms with Gasteiger partial charge in [0.2, 0.25) is 0 Å². The molecule has 5 heteroatoms. The van der Waals surface area contributed by atoms with E-state index >= 15 is 0 Å². The fourth-order valence-electron chi connectivity index (χ4n) is 1.85. The van der Waals surface area contributed by atoms with Crippen LogP contribution in [0.3, 0.4) is 0 Å². The monoisotopic (exact) mass is 243 g/mol. The molecule has 0 aromatic heterocycles. The number of alkyl carbamates (subject to hydrolysis) is 1. The van der Waals surface area contributed by atoms with Crippen molar-refractivity contribution in [2.24, 2.45) is 5.92 Å². The third-order valence-electron chi connectivity index (χ3n) is 2.76. The molecule has 5 nitrogen and oxygen atoms in total. The number of ether oxygens (including phenoxy) is 2. The first-order valence-electron chi connectivity index (χ1n) is 6.12. The molecule has 1 aliphatic heterocycles. The molecule has 0 aromatic rings. The zero-order valence-electron chi connectivity index (χ0n) is 10.5. The molecule has 2 atom stereocenters. The molecule has 0 aliphatic carbocycles. The minimum atomic E-state index is -0.400. The molecular formula is C12H21NO4. The fourth-order valence-corrected chi connectivity index (χ4v) is 1.85. The number of hydrogen-bond donors (Lipinski definition) is 1.